The van der Waals surface area contributed by atoms with Crippen molar-refractivity contribution in [2.75, 3.05) is 23.9 Å². The largest absolute Gasteiger partial charge is 0.495 e. The summed E-state index contributed by atoms with van der Waals surface area (Å²) in [5.41, 5.74) is 15.0. The van der Waals surface area contributed by atoms with Crippen molar-refractivity contribution < 1.29 is 4.74 Å². The van der Waals surface area contributed by atoms with E-state index in [0.29, 0.717) is 12.2 Å². The van der Waals surface area contributed by atoms with E-state index < -0.39 is 0 Å². The van der Waals surface area contributed by atoms with Gasteiger partial charge in [0.1, 0.15) is 5.75 Å². The van der Waals surface area contributed by atoms with Crippen molar-refractivity contribution in [3.8, 4) is 5.75 Å². The van der Waals surface area contributed by atoms with Gasteiger partial charge in [0, 0.05) is 17.9 Å². The molecule has 4 heteroatoms. The molecule has 2 rings (SSSR count). The maximum absolute atomic E-state index is 5.89. The Morgan fingerprint density at radius 1 is 1.11 bits per heavy atom. The lowest BCUT2D eigenvalue weighted by Crippen LogP contribution is -2.04. The Bertz CT molecular complexity index is 540. The molecule has 5 N–H and O–H groups in total. The fraction of sp³-hybridized carbons (Fsp3) is 0.143. The topological polar surface area (TPSA) is 73.3 Å². The minimum absolute atomic E-state index is 0.631. The van der Waals surface area contributed by atoms with Gasteiger partial charge >= 0.3 is 0 Å². The first-order valence-electron chi connectivity index (χ1n) is 5.71. The molecule has 0 aliphatic heterocycles. The second kappa shape index (κ2) is 5.31. The van der Waals surface area contributed by atoms with Gasteiger partial charge in [-0.25, -0.2) is 0 Å². The zero-order valence-corrected chi connectivity index (χ0v) is 10.3. The summed E-state index contributed by atoms with van der Waals surface area (Å²) in [6.07, 6.45) is 0. The number of methoxy groups -OCH3 is 1. The van der Waals surface area contributed by atoms with Crippen LogP contribution in [0.3, 0.4) is 0 Å². The van der Waals surface area contributed by atoms with Gasteiger partial charge in [-0.2, -0.15) is 0 Å². The molecule has 0 heterocycles. The maximum atomic E-state index is 5.89. The SMILES string of the molecule is COc1ccc(N)cc1NCc1ccccc1N. The van der Waals surface area contributed by atoms with Gasteiger partial charge in [0.15, 0.2) is 0 Å². The van der Waals surface area contributed by atoms with Crippen molar-refractivity contribution in [1.29, 1.82) is 0 Å². The molecule has 0 radical (unpaired) electrons. The third kappa shape index (κ3) is 2.66. The van der Waals surface area contributed by atoms with Gasteiger partial charge in [-0.15, -0.1) is 0 Å². The summed E-state index contributed by atoms with van der Waals surface area (Å²) in [7, 11) is 1.63. The number of nitrogens with two attached hydrogens (primary N) is 2. The third-order valence-corrected chi connectivity index (χ3v) is 2.75. The quantitative estimate of drug-likeness (QED) is 0.721. The van der Waals surface area contributed by atoms with E-state index in [1.54, 1.807) is 13.2 Å². The summed E-state index contributed by atoms with van der Waals surface area (Å²) in [5, 5.41) is 3.28. The fourth-order valence-electron chi connectivity index (χ4n) is 1.75. The van der Waals surface area contributed by atoms with Gasteiger partial charge in [0.05, 0.1) is 12.8 Å². The zero-order chi connectivity index (χ0) is 13.0. The number of nitrogen functional groups attached to an aromatic ring is 2. The molecule has 94 valence electrons. The summed E-state index contributed by atoms with van der Waals surface area (Å²) >= 11 is 0. The lowest BCUT2D eigenvalue weighted by atomic mass is 10.1. The predicted octanol–water partition coefficient (Wildman–Crippen LogP) is 2.47. The molecular weight excluding hydrogens is 226 g/mol. The van der Waals surface area contributed by atoms with Crippen LogP contribution < -0.4 is 21.5 Å². The van der Waals surface area contributed by atoms with Crippen LogP contribution in [0.25, 0.3) is 0 Å². The number of anilines is 3. The van der Waals surface area contributed by atoms with Gasteiger partial charge in [0.2, 0.25) is 0 Å². The minimum atomic E-state index is 0.631. The smallest absolute Gasteiger partial charge is 0.142 e. The first-order valence-corrected chi connectivity index (χ1v) is 5.71. The molecule has 0 aliphatic rings. The number of para-hydroxylation sites is 1. The molecular formula is C14H17N3O. The molecule has 0 bridgehead atoms. The molecule has 18 heavy (non-hydrogen) atoms. The predicted molar refractivity (Wildman–Crippen MR) is 75.6 cm³/mol. The highest BCUT2D eigenvalue weighted by Gasteiger charge is 2.04. The van der Waals surface area contributed by atoms with Crippen molar-refractivity contribution >= 4 is 17.1 Å². The second-order valence-electron chi connectivity index (χ2n) is 4.01. The Balaban J connectivity index is 2.15. The fourth-order valence-corrected chi connectivity index (χ4v) is 1.75. The lowest BCUT2D eigenvalue weighted by Gasteiger charge is -2.12. The number of ether oxygens (including phenoxy) is 1. The van der Waals surface area contributed by atoms with Crippen LogP contribution in [0.4, 0.5) is 17.1 Å². The average molecular weight is 243 g/mol. The van der Waals surface area contributed by atoms with Crippen LogP contribution in [-0.4, -0.2) is 7.11 Å². The molecule has 2 aromatic rings. The molecule has 0 fully saturated rings. The summed E-state index contributed by atoms with van der Waals surface area (Å²) in [6.45, 7) is 0.631. The average Bonchev–Trinajstić information content (AvgIpc) is 2.38. The lowest BCUT2D eigenvalue weighted by molar-refractivity contribution is 0.416. The van der Waals surface area contributed by atoms with Crippen LogP contribution in [0, 0.1) is 0 Å². The van der Waals surface area contributed by atoms with Gasteiger partial charge in [-0.05, 0) is 29.8 Å². The number of benzene rings is 2. The third-order valence-electron chi connectivity index (χ3n) is 2.75. The van der Waals surface area contributed by atoms with Crippen LogP contribution in [0.2, 0.25) is 0 Å². The summed E-state index contributed by atoms with van der Waals surface area (Å²) in [6, 6.07) is 13.2. The molecule has 0 aromatic heterocycles. The van der Waals surface area contributed by atoms with Crippen LogP contribution in [0.1, 0.15) is 5.56 Å². The van der Waals surface area contributed by atoms with Crippen LogP contribution in [0.15, 0.2) is 42.5 Å². The highest BCUT2D eigenvalue weighted by atomic mass is 16.5. The van der Waals surface area contributed by atoms with Crippen molar-refractivity contribution in [3.05, 3.63) is 48.0 Å². The van der Waals surface area contributed by atoms with Crippen LogP contribution in [0.5, 0.6) is 5.75 Å². The molecule has 2 aromatic carbocycles. The normalized spacial score (nSPS) is 10.1. The standard InChI is InChI=1S/C14H17N3O/c1-18-14-7-6-11(15)8-13(14)17-9-10-4-2-3-5-12(10)16/h2-8,17H,9,15-16H2,1H3. The van der Waals surface area contributed by atoms with Gasteiger partial charge in [-0.3, -0.25) is 0 Å². The molecule has 0 aliphatic carbocycles. The van der Waals surface area contributed by atoms with E-state index in [0.717, 1.165) is 22.7 Å². The summed E-state index contributed by atoms with van der Waals surface area (Å²) in [4.78, 5) is 0. The number of nitrogens with one attached hydrogen (secondary N) is 1. The Morgan fingerprint density at radius 2 is 1.89 bits per heavy atom. The molecule has 0 atom stereocenters. The highest BCUT2D eigenvalue weighted by molar-refractivity contribution is 5.64. The van der Waals surface area contributed by atoms with Gasteiger partial charge in [0.25, 0.3) is 0 Å². The Hall–Kier alpha value is -2.36. The summed E-state index contributed by atoms with van der Waals surface area (Å²) < 4.78 is 5.27. The molecule has 0 amide bonds. The first kappa shape index (κ1) is 12.1. The summed E-state index contributed by atoms with van der Waals surface area (Å²) in [5.74, 6) is 0.763. The van der Waals surface area contributed by atoms with E-state index >= 15 is 0 Å². The Morgan fingerprint density at radius 3 is 2.61 bits per heavy atom. The van der Waals surface area contributed by atoms with Gasteiger partial charge < -0.3 is 21.5 Å². The van der Waals surface area contributed by atoms with Crippen LogP contribution in [-0.2, 0) is 6.54 Å². The first-order chi connectivity index (χ1) is 8.70. The van der Waals surface area contributed by atoms with E-state index in [9.17, 15) is 0 Å². The van der Waals surface area contributed by atoms with Crippen molar-refractivity contribution in [2.45, 2.75) is 6.54 Å². The minimum Gasteiger partial charge on any atom is -0.495 e. The number of rotatable bonds is 4. The van der Waals surface area contributed by atoms with E-state index in [-0.39, 0.29) is 0 Å². The van der Waals surface area contributed by atoms with E-state index in [1.807, 2.05) is 36.4 Å². The monoisotopic (exact) mass is 243 g/mol. The van der Waals surface area contributed by atoms with E-state index in [4.69, 9.17) is 16.2 Å². The second-order valence-corrected chi connectivity index (χ2v) is 4.01. The number of hydrogen-bond acceptors (Lipinski definition) is 4. The van der Waals surface area contributed by atoms with E-state index in [2.05, 4.69) is 5.32 Å². The molecule has 0 unspecified atom stereocenters. The molecule has 4 nitrogen and oxygen atoms in total. The maximum Gasteiger partial charge on any atom is 0.142 e. The zero-order valence-electron chi connectivity index (χ0n) is 10.3. The van der Waals surface area contributed by atoms with Crippen molar-refractivity contribution in [3.63, 3.8) is 0 Å². The number of hydrogen-bond donors (Lipinski definition) is 3. The molecule has 0 saturated carbocycles. The Kier molecular flexibility index (Phi) is 3.57. The van der Waals surface area contributed by atoms with Crippen molar-refractivity contribution in [2.24, 2.45) is 0 Å². The molecule has 0 spiro atoms. The molecule has 0 saturated heterocycles. The van der Waals surface area contributed by atoms with Crippen molar-refractivity contribution in [1.82, 2.24) is 0 Å². The van der Waals surface area contributed by atoms with Crippen LogP contribution >= 0.6 is 0 Å². The van der Waals surface area contributed by atoms with Gasteiger partial charge in [-0.1, -0.05) is 18.2 Å². The Labute approximate surface area is 107 Å². The highest BCUT2D eigenvalue weighted by Crippen LogP contribution is 2.27. The van der Waals surface area contributed by atoms with E-state index in [1.165, 1.54) is 0 Å².